The van der Waals surface area contributed by atoms with Crippen LogP contribution >= 0.6 is 0 Å². The lowest BCUT2D eigenvalue weighted by Crippen LogP contribution is -2.35. The molecule has 0 aromatic carbocycles. The number of Topliss-reactive ketones (excluding diaryl/α,β-unsaturated/α-hetero) is 2. The largest absolute Gasteiger partial charge is 0.327 e. The molecule has 1 aromatic rings. The number of anilines is 1. The summed E-state index contributed by atoms with van der Waals surface area (Å²) < 4.78 is 0. The van der Waals surface area contributed by atoms with Crippen LogP contribution < -0.4 is 21.5 Å². The van der Waals surface area contributed by atoms with Crippen LogP contribution in [-0.2, 0) is 25.6 Å². The number of amides is 2. The summed E-state index contributed by atoms with van der Waals surface area (Å²) in [6, 6.07) is -0.143. The van der Waals surface area contributed by atoms with Gasteiger partial charge in [-0.05, 0) is 33.2 Å². The quantitative estimate of drug-likeness (QED) is 0.413. The molecule has 0 saturated carbocycles. The van der Waals surface area contributed by atoms with Gasteiger partial charge in [-0.25, -0.2) is 9.69 Å². The topological polar surface area (TPSA) is 149 Å². The molecule has 0 saturated heterocycles. The molecular formula is C20H28N4O6. The zero-order valence-electron chi connectivity index (χ0n) is 17.3. The van der Waals surface area contributed by atoms with Crippen LogP contribution in [-0.4, -0.2) is 46.4 Å². The lowest BCUT2D eigenvalue weighted by molar-refractivity contribution is -0.125. The Hall–Kier alpha value is -2.88. The fourth-order valence-electron chi connectivity index (χ4n) is 3.55. The fourth-order valence-corrected chi connectivity index (χ4v) is 3.55. The minimum atomic E-state index is -0.786. The van der Waals surface area contributed by atoms with Gasteiger partial charge in [-0.3, -0.25) is 33.9 Å². The van der Waals surface area contributed by atoms with Gasteiger partial charge in [-0.1, -0.05) is 12.8 Å². The maximum absolute atomic E-state index is 12.4. The monoisotopic (exact) mass is 420 g/mol. The van der Waals surface area contributed by atoms with E-state index in [-0.39, 0.29) is 54.7 Å². The SMILES string of the molecule is CNC(CCCCCC(=O)CCCC(=O)N1C(=O)Cc2c1[nH]c(=O)[nH]c2=O)C(C)=O. The van der Waals surface area contributed by atoms with E-state index in [1.807, 2.05) is 4.98 Å². The standard InChI is InChI=1S/C20H28N4O6/c1-12(25)15(21-2)9-5-3-4-7-13(26)8-6-10-16(27)24-17(28)11-14-18(24)22-20(30)23-19(14)29/h15,21H,3-11H2,1-2H3,(H2,22,23,29,30). The van der Waals surface area contributed by atoms with E-state index in [2.05, 4.69) is 10.3 Å². The Morgan fingerprint density at radius 1 is 1.00 bits per heavy atom. The molecule has 1 aromatic heterocycles. The number of hydrogen-bond donors (Lipinski definition) is 3. The number of imide groups is 1. The van der Waals surface area contributed by atoms with Gasteiger partial charge in [0, 0.05) is 19.3 Å². The molecule has 30 heavy (non-hydrogen) atoms. The average molecular weight is 420 g/mol. The van der Waals surface area contributed by atoms with Crippen LogP contribution in [0.15, 0.2) is 9.59 Å². The average Bonchev–Trinajstić information content (AvgIpc) is 3.00. The normalized spacial score (nSPS) is 13.9. The van der Waals surface area contributed by atoms with E-state index in [0.717, 1.165) is 30.6 Å². The molecule has 2 heterocycles. The van der Waals surface area contributed by atoms with Crippen molar-refractivity contribution in [1.29, 1.82) is 0 Å². The lowest BCUT2D eigenvalue weighted by atomic mass is 10.0. The molecule has 3 N–H and O–H groups in total. The van der Waals surface area contributed by atoms with E-state index in [4.69, 9.17) is 0 Å². The minimum Gasteiger partial charge on any atom is -0.311 e. The first kappa shape index (κ1) is 23.4. The minimum absolute atomic E-state index is 0.0335. The first-order chi connectivity index (χ1) is 14.2. The smallest absolute Gasteiger partial charge is 0.311 e. The predicted octanol–water partition coefficient (Wildman–Crippen LogP) is 0.346. The molecule has 0 radical (unpaired) electrons. The van der Waals surface area contributed by atoms with Crippen LogP contribution in [0, 0.1) is 0 Å². The number of nitrogens with one attached hydrogen (secondary N) is 3. The molecule has 0 spiro atoms. The van der Waals surface area contributed by atoms with Crippen LogP contribution in [0.3, 0.4) is 0 Å². The van der Waals surface area contributed by atoms with E-state index in [1.165, 1.54) is 0 Å². The summed E-state index contributed by atoms with van der Waals surface area (Å²) in [5.74, 6) is -1.05. The Morgan fingerprint density at radius 2 is 1.70 bits per heavy atom. The third-order valence-corrected chi connectivity index (χ3v) is 5.20. The van der Waals surface area contributed by atoms with Crippen molar-refractivity contribution >= 4 is 29.2 Å². The second-order valence-corrected chi connectivity index (χ2v) is 7.48. The number of nitrogens with zero attached hydrogens (tertiary/aromatic N) is 1. The van der Waals surface area contributed by atoms with Gasteiger partial charge in [-0.2, -0.15) is 0 Å². The molecule has 1 aliphatic heterocycles. The zero-order chi connectivity index (χ0) is 22.3. The summed E-state index contributed by atoms with van der Waals surface area (Å²) in [7, 11) is 1.75. The van der Waals surface area contributed by atoms with Crippen LogP contribution in [0.2, 0.25) is 0 Å². The number of unbranched alkanes of at least 4 members (excludes halogenated alkanes) is 2. The summed E-state index contributed by atoms with van der Waals surface area (Å²) in [5, 5.41) is 2.96. The van der Waals surface area contributed by atoms with Crippen molar-refractivity contribution in [1.82, 2.24) is 15.3 Å². The van der Waals surface area contributed by atoms with Crippen LogP contribution in [0.5, 0.6) is 0 Å². The molecule has 10 heteroatoms. The zero-order valence-corrected chi connectivity index (χ0v) is 17.3. The molecule has 1 atom stereocenters. The van der Waals surface area contributed by atoms with Crippen molar-refractivity contribution in [3.63, 3.8) is 0 Å². The van der Waals surface area contributed by atoms with E-state index in [0.29, 0.717) is 6.42 Å². The van der Waals surface area contributed by atoms with Crippen molar-refractivity contribution in [2.24, 2.45) is 0 Å². The molecule has 1 aliphatic rings. The number of aromatic nitrogens is 2. The van der Waals surface area contributed by atoms with E-state index < -0.39 is 23.1 Å². The number of carbonyl (C=O) groups is 4. The van der Waals surface area contributed by atoms with Gasteiger partial charge in [0.1, 0.15) is 17.4 Å². The Bertz CT molecular complexity index is 932. The van der Waals surface area contributed by atoms with E-state index >= 15 is 0 Å². The van der Waals surface area contributed by atoms with Gasteiger partial charge in [0.2, 0.25) is 11.8 Å². The molecule has 0 aliphatic carbocycles. The maximum atomic E-state index is 12.4. The van der Waals surface area contributed by atoms with Gasteiger partial charge in [0.05, 0.1) is 18.0 Å². The van der Waals surface area contributed by atoms with Crippen molar-refractivity contribution in [3.8, 4) is 0 Å². The number of hydrogen-bond acceptors (Lipinski definition) is 7. The maximum Gasteiger partial charge on any atom is 0.327 e. The summed E-state index contributed by atoms with van der Waals surface area (Å²) in [6.45, 7) is 1.55. The highest BCUT2D eigenvalue weighted by atomic mass is 16.2. The predicted molar refractivity (Wildman–Crippen MR) is 109 cm³/mol. The van der Waals surface area contributed by atoms with Crippen molar-refractivity contribution in [2.45, 2.75) is 70.8 Å². The molecule has 0 fully saturated rings. The Balaban J connectivity index is 1.72. The van der Waals surface area contributed by atoms with Gasteiger partial charge < -0.3 is 5.32 Å². The van der Waals surface area contributed by atoms with Crippen molar-refractivity contribution in [3.05, 3.63) is 26.4 Å². The number of likely N-dealkylation sites (N-methyl/N-ethyl adjacent to an activating group) is 1. The molecule has 164 valence electrons. The highest BCUT2D eigenvalue weighted by Crippen LogP contribution is 2.23. The van der Waals surface area contributed by atoms with Crippen molar-refractivity contribution in [2.75, 3.05) is 11.9 Å². The number of fused-ring (bicyclic) bond motifs is 1. The third-order valence-electron chi connectivity index (χ3n) is 5.20. The van der Waals surface area contributed by atoms with Crippen molar-refractivity contribution < 1.29 is 19.2 Å². The van der Waals surface area contributed by atoms with Crippen LogP contribution in [0.1, 0.15) is 63.9 Å². The summed E-state index contributed by atoms with van der Waals surface area (Å²) in [5.41, 5.74) is -1.41. The summed E-state index contributed by atoms with van der Waals surface area (Å²) in [6.07, 6.45) is 3.80. The van der Waals surface area contributed by atoms with E-state index in [1.54, 1.807) is 14.0 Å². The molecule has 0 bridgehead atoms. The number of H-pyrrole nitrogens is 2. The number of aromatic amines is 2. The molecule has 1 unspecified atom stereocenters. The second-order valence-electron chi connectivity index (χ2n) is 7.48. The van der Waals surface area contributed by atoms with E-state index in [9.17, 15) is 28.8 Å². The number of ketones is 2. The van der Waals surface area contributed by atoms with Gasteiger partial charge in [0.15, 0.2) is 0 Å². The molecule has 10 nitrogen and oxygen atoms in total. The van der Waals surface area contributed by atoms with Gasteiger partial charge >= 0.3 is 5.69 Å². The highest BCUT2D eigenvalue weighted by Gasteiger charge is 2.35. The van der Waals surface area contributed by atoms with Crippen LogP contribution in [0.25, 0.3) is 0 Å². The Labute approximate surface area is 173 Å². The van der Waals surface area contributed by atoms with Gasteiger partial charge in [0.25, 0.3) is 5.56 Å². The number of carbonyl (C=O) groups excluding carboxylic acids is 4. The third kappa shape index (κ3) is 6.06. The Kier molecular flexibility index (Phi) is 8.40. The first-order valence-corrected chi connectivity index (χ1v) is 10.1. The molecule has 2 rings (SSSR count). The van der Waals surface area contributed by atoms with Crippen LogP contribution in [0.4, 0.5) is 5.82 Å². The first-order valence-electron chi connectivity index (χ1n) is 10.1. The molecular weight excluding hydrogens is 392 g/mol. The second kappa shape index (κ2) is 10.8. The van der Waals surface area contributed by atoms with Gasteiger partial charge in [-0.15, -0.1) is 0 Å². The highest BCUT2D eigenvalue weighted by molar-refractivity contribution is 6.18. The number of rotatable bonds is 12. The fraction of sp³-hybridized carbons (Fsp3) is 0.600. The molecule has 2 amide bonds. The lowest BCUT2D eigenvalue weighted by Gasteiger charge is -2.14. The summed E-state index contributed by atoms with van der Waals surface area (Å²) >= 11 is 0. The Morgan fingerprint density at radius 3 is 2.37 bits per heavy atom. The summed E-state index contributed by atoms with van der Waals surface area (Å²) in [4.78, 5) is 76.2.